The van der Waals surface area contributed by atoms with Crippen LogP contribution in [0.15, 0.2) is 108 Å². The molecule has 0 aliphatic carbocycles. The van der Waals surface area contributed by atoms with E-state index in [9.17, 15) is 9.59 Å². The summed E-state index contributed by atoms with van der Waals surface area (Å²) < 4.78 is 1.10. The molecule has 0 heterocycles. The third-order valence-corrected chi connectivity index (χ3v) is 7.32. The van der Waals surface area contributed by atoms with Crippen LogP contribution in [0.2, 0.25) is 5.02 Å². The Balaban J connectivity index is 1.48. The lowest BCUT2D eigenvalue weighted by molar-refractivity contribution is -0.116. The highest BCUT2D eigenvalue weighted by Crippen LogP contribution is 2.37. The lowest BCUT2D eigenvalue weighted by Crippen LogP contribution is -2.19. The van der Waals surface area contributed by atoms with Crippen LogP contribution in [0.5, 0.6) is 0 Å². The van der Waals surface area contributed by atoms with Crippen LogP contribution in [-0.4, -0.2) is 11.8 Å². The van der Waals surface area contributed by atoms with Crippen molar-refractivity contribution in [2.75, 3.05) is 10.6 Å². The van der Waals surface area contributed by atoms with Crippen LogP contribution in [0.4, 0.5) is 11.4 Å². The van der Waals surface area contributed by atoms with Crippen LogP contribution in [0.1, 0.15) is 16.4 Å². The van der Waals surface area contributed by atoms with E-state index in [2.05, 4.69) is 33.2 Å². The first kappa shape index (κ1) is 25.3. The molecule has 4 aromatic carbocycles. The van der Waals surface area contributed by atoms with Gasteiger partial charge in [0.05, 0.1) is 6.42 Å². The van der Waals surface area contributed by atoms with E-state index in [0.717, 1.165) is 25.3 Å². The van der Waals surface area contributed by atoms with Crippen LogP contribution in [0.25, 0.3) is 0 Å². The Morgan fingerprint density at radius 2 is 1.51 bits per heavy atom. The average Bonchev–Trinajstić information content (AvgIpc) is 2.86. The van der Waals surface area contributed by atoms with E-state index in [1.54, 1.807) is 12.1 Å². The lowest BCUT2D eigenvalue weighted by Gasteiger charge is -2.18. The molecule has 176 valence electrons. The highest BCUT2D eigenvalue weighted by atomic mass is 127. The Kier molecular flexibility index (Phi) is 8.84. The van der Waals surface area contributed by atoms with Gasteiger partial charge in [-0.2, -0.15) is 0 Å². The topological polar surface area (TPSA) is 58.2 Å². The minimum absolute atomic E-state index is 0.111. The van der Waals surface area contributed by atoms with Crippen LogP contribution < -0.4 is 10.6 Å². The highest BCUT2D eigenvalue weighted by molar-refractivity contribution is 14.1. The van der Waals surface area contributed by atoms with E-state index in [4.69, 9.17) is 11.6 Å². The van der Waals surface area contributed by atoms with E-state index < -0.39 is 5.25 Å². The van der Waals surface area contributed by atoms with Crippen molar-refractivity contribution in [3.05, 3.63) is 123 Å². The normalized spacial score (nSPS) is 11.5. The molecule has 0 aliphatic rings. The molecular weight excluding hydrogens is 591 g/mol. The second-order valence-corrected chi connectivity index (χ2v) is 10.6. The van der Waals surface area contributed by atoms with Gasteiger partial charge in [0.25, 0.3) is 0 Å². The molecule has 4 rings (SSSR count). The Labute approximate surface area is 227 Å². The van der Waals surface area contributed by atoms with E-state index in [1.807, 2.05) is 91.0 Å². The Hall–Kier alpha value is -2.81. The maximum Gasteiger partial charge on any atom is 0.242 e. The van der Waals surface area contributed by atoms with Crippen molar-refractivity contribution in [3.63, 3.8) is 0 Å². The van der Waals surface area contributed by atoms with Crippen molar-refractivity contribution in [3.8, 4) is 0 Å². The van der Waals surface area contributed by atoms with Crippen LogP contribution >= 0.6 is 46.0 Å². The second kappa shape index (κ2) is 12.2. The molecule has 0 aliphatic heterocycles. The molecule has 0 bridgehead atoms. The predicted octanol–water partition coefficient (Wildman–Crippen LogP) is 7.60. The van der Waals surface area contributed by atoms with Gasteiger partial charge in [0, 0.05) is 24.9 Å². The van der Waals surface area contributed by atoms with E-state index in [0.29, 0.717) is 10.7 Å². The molecule has 0 saturated heterocycles. The number of rotatable bonds is 8. The van der Waals surface area contributed by atoms with Gasteiger partial charge in [-0.15, -0.1) is 11.8 Å². The van der Waals surface area contributed by atoms with Crippen molar-refractivity contribution in [2.45, 2.75) is 16.6 Å². The van der Waals surface area contributed by atoms with Gasteiger partial charge in [-0.25, -0.2) is 0 Å². The molecule has 2 N–H and O–H groups in total. The van der Waals surface area contributed by atoms with E-state index >= 15 is 0 Å². The number of benzene rings is 4. The number of carbonyl (C=O) groups is 2. The fourth-order valence-corrected chi connectivity index (χ4v) is 4.99. The molecule has 0 fully saturated rings. The van der Waals surface area contributed by atoms with Crippen molar-refractivity contribution in [1.29, 1.82) is 0 Å². The average molecular weight is 613 g/mol. The van der Waals surface area contributed by atoms with E-state index in [-0.39, 0.29) is 18.2 Å². The standard InChI is InChI=1S/C28H22ClIN2O2S/c29-21-11-9-19(10-12-21)17-26(33)31-24-7-4-8-25(18-24)35-27(20-5-2-1-3-6-20)28(34)32-23-15-13-22(30)14-16-23/h1-16,18,27H,17H2,(H,31,33)(H,32,34). The van der Waals surface area contributed by atoms with Gasteiger partial charge >= 0.3 is 0 Å². The van der Waals surface area contributed by atoms with Gasteiger partial charge in [-0.3, -0.25) is 9.59 Å². The Morgan fingerprint density at radius 3 is 2.23 bits per heavy atom. The molecule has 0 saturated carbocycles. The predicted molar refractivity (Wildman–Crippen MR) is 153 cm³/mol. The summed E-state index contributed by atoms with van der Waals surface area (Å²) in [5.74, 6) is -0.231. The summed E-state index contributed by atoms with van der Waals surface area (Å²) in [5.41, 5.74) is 3.21. The first-order valence-corrected chi connectivity index (χ1v) is 13.2. The summed E-state index contributed by atoms with van der Waals surface area (Å²) in [7, 11) is 0. The summed E-state index contributed by atoms with van der Waals surface area (Å²) >= 11 is 9.60. The molecule has 1 unspecified atom stereocenters. The summed E-state index contributed by atoms with van der Waals surface area (Å²) in [6, 6.07) is 32.1. The van der Waals surface area contributed by atoms with Crippen LogP contribution in [-0.2, 0) is 16.0 Å². The fourth-order valence-electron chi connectivity index (χ4n) is 3.42. The minimum Gasteiger partial charge on any atom is -0.326 e. The summed E-state index contributed by atoms with van der Waals surface area (Å²) in [6.45, 7) is 0. The van der Waals surface area contributed by atoms with Gasteiger partial charge in [0.15, 0.2) is 0 Å². The number of thioether (sulfide) groups is 1. The zero-order valence-corrected chi connectivity index (χ0v) is 22.3. The highest BCUT2D eigenvalue weighted by Gasteiger charge is 2.22. The summed E-state index contributed by atoms with van der Waals surface area (Å²) in [5, 5.41) is 6.14. The molecule has 0 spiro atoms. The van der Waals surface area contributed by atoms with Gasteiger partial charge < -0.3 is 10.6 Å². The molecule has 4 nitrogen and oxygen atoms in total. The Bertz CT molecular complexity index is 1300. The SMILES string of the molecule is O=C(Cc1ccc(Cl)cc1)Nc1cccc(SC(C(=O)Nc2ccc(I)cc2)c2ccccc2)c1. The zero-order valence-electron chi connectivity index (χ0n) is 18.6. The number of carbonyl (C=O) groups excluding carboxylic acids is 2. The van der Waals surface area contributed by atoms with Crippen LogP contribution in [0.3, 0.4) is 0 Å². The van der Waals surface area contributed by atoms with Gasteiger partial charge in [-0.05, 0) is 88.3 Å². The summed E-state index contributed by atoms with van der Waals surface area (Å²) in [6.07, 6.45) is 0.250. The third-order valence-electron chi connectivity index (χ3n) is 5.10. The molecule has 0 radical (unpaired) electrons. The maximum atomic E-state index is 13.3. The number of halogens is 2. The molecule has 0 aromatic heterocycles. The molecule has 4 aromatic rings. The first-order valence-electron chi connectivity index (χ1n) is 10.9. The quantitative estimate of drug-likeness (QED) is 0.159. The third kappa shape index (κ3) is 7.59. The van der Waals surface area contributed by atoms with Crippen molar-refractivity contribution in [2.24, 2.45) is 0 Å². The van der Waals surface area contributed by atoms with Crippen molar-refractivity contribution < 1.29 is 9.59 Å². The van der Waals surface area contributed by atoms with Crippen molar-refractivity contribution >= 4 is 69.1 Å². The molecule has 2 amide bonds. The van der Waals surface area contributed by atoms with Gasteiger partial charge in [-0.1, -0.05) is 60.1 Å². The van der Waals surface area contributed by atoms with E-state index in [1.165, 1.54) is 11.8 Å². The molecular formula is C28H22ClIN2O2S. The number of hydrogen-bond acceptors (Lipinski definition) is 3. The lowest BCUT2D eigenvalue weighted by atomic mass is 10.1. The number of nitrogens with one attached hydrogen (secondary N) is 2. The molecule has 35 heavy (non-hydrogen) atoms. The van der Waals surface area contributed by atoms with Gasteiger partial charge in [0.2, 0.25) is 11.8 Å². The Morgan fingerprint density at radius 1 is 0.800 bits per heavy atom. The summed E-state index contributed by atoms with van der Waals surface area (Å²) in [4.78, 5) is 26.7. The monoisotopic (exact) mass is 612 g/mol. The molecule has 1 atom stereocenters. The number of anilines is 2. The first-order chi connectivity index (χ1) is 17.0. The van der Waals surface area contributed by atoms with Gasteiger partial charge in [0.1, 0.15) is 5.25 Å². The van der Waals surface area contributed by atoms with Crippen molar-refractivity contribution in [1.82, 2.24) is 0 Å². The van der Waals surface area contributed by atoms with Crippen LogP contribution in [0, 0.1) is 3.57 Å². The number of amides is 2. The number of hydrogen-bond donors (Lipinski definition) is 2. The zero-order chi connectivity index (χ0) is 24.6. The fraction of sp³-hybridized carbons (Fsp3) is 0.0714. The second-order valence-electron chi connectivity index (χ2n) is 7.78. The largest absolute Gasteiger partial charge is 0.326 e. The minimum atomic E-state index is -0.463. The molecule has 7 heteroatoms. The maximum absolute atomic E-state index is 13.3. The smallest absolute Gasteiger partial charge is 0.242 e.